The lowest BCUT2D eigenvalue weighted by atomic mass is 9.97. The van der Waals surface area contributed by atoms with E-state index in [-0.39, 0.29) is 44.9 Å². The number of rotatable bonds is 7. The van der Waals surface area contributed by atoms with Gasteiger partial charge in [0.05, 0.1) is 22.9 Å². The average Bonchev–Trinajstić information content (AvgIpc) is 3.64. The average molecular weight is 656 g/mol. The van der Waals surface area contributed by atoms with Crippen molar-refractivity contribution in [3.63, 3.8) is 0 Å². The van der Waals surface area contributed by atoms with Gasteiger partial charge in [0, 0.05) is 36.1 Å². The Labute approximate surface area is 261 Å². The first kappa shape index (κ1) is 31.3. The van der Waals surface area contributed by atoms with Gasteiger partial charge in [-0.25, -0.2) is 22.8 Å². The molecule has 3 heterocycles. The highest BCUT2D eigenvalue weighted by Gasteiger charge is 2.43. The van der Waals surface area contributed by atoms with Crippen LogP contribution in [-0.2, 0) is 22.0 Å². The zero-order chi connectivity index (χ0) is 33.3. The molecule has 0 amide bonds. The van der Waals surface area contributed by atoms with Crippen LogP contribution < -0.4 is 9.47 Å². The number of sulfone groups is 1. The van der Waals surface area contributed by atoms with Crippen LogP contribution in [0, 0.1) is 19.7 Å². The Bertz CT molecular complexity index is 2130. The largest absolute Gasteiger partial charge is 0.586 e. The van der Waals surface area contributed by atoms with E-state index in [1.54, 1.807) is 56.7 Å². The van der Waals surface area contributed by atoms with E-state index >= 15 is 4.39 Å². The molecule has 2 aromatic heterocycles. The summed E-state index contributed by atoms with van der Waals surface area (Å²) < 4.78 is 84.6. The number of oxazole rings is 1. The van der Waals surface area contributed by atoms with Crippen LogP contribution >= 0.6 is 0 Å². The monoisotopic (exact) mass is 655 g/mol. The summed E-state index contributed by atoms with van der Waals surface area (Å²) in [6, 6.07) is 11.6. The van der Waals surface area contributed by atoms with Crippen LogP contribution in [-0.4, -0.2) is 45.7 Å². The maximum atomic E-state index is 15.2. The van der Waals surface area contributed by atoms with E-state index in [1.807, 2.05) is 0 Å². The Balaban J connectivity index is 1.60. The molecule has 1 aliphatic heterocycles. The van der Waals surface area contributed by atoms with E-state index in [1.165, 1.54) is 24.3 Å². The Morgan fingerprint density at radius 2 is 1.65 bits per heavy atom. The molecule has 5 aromatic rings. The molecule has 0 fully saturated rings. The standard InChI is InChI=1S/C32H28F3N3O7S/c1-16-36-28(31(3,4)40)14-38(16)24-8-6-18(20-11-23(33)22(15-39)27(13-20)46(5,41)42)10-21(24)29-30(43-17(2)37-29)19-7-9-25-26(12-19)45-32(34,35)44-25/h6-14,39-40H,15H2,1-5H3. The van der Waals surface area contributed by atoms with E-state index in [9.17, 15) is 27.4 Å². The molecule has 0 saturated carbocycles. The zero-order valence-electron chi connectivity index (χ0n) is 25.2. The molecule has 46 heavy (non-hydrogen) atoms. The third-order valence-corrected chi connectivity index (χ3v) is 8.63. The summed E-state index contributed by atoms with van der Waals surface area (Å²) in [7, 11) is -3.92. The third-order valence-electron chi connectivity index (χ3n) is 7.46. The van der Waals surface area contributed by atoms with Crippen LogP contribution in [0.5, 0.6) is 11.5 Å². The second-order valence-electron chi connectivity index (χ2n) is 11.4. The molecule has 3 aromatic carbocycles. The molecular weight excluding hydrogens is 627 g/mol. The predicted octanol–water partition coefficient (Wildman–Crippen LogP) is 6.06. The van der Waals surface area contributed by atoms with Crippen molar-refractivity contribution in [1.82, 2.24) is 14.5 Å². The van der Waals surface area contributed by atoms with E-state index in [2.05, 4.69) is 19.4 Å². The summed E-state index contributed by atoms with van der Waals surface area (Å²) in [5.74, 6) is -0.322. The summed E-state index contributed by atoms with van der Waals surface area (Å²) >= 11 is 0. The number of ether oxygens (including phenoxy) is 2. The molecule has 0 bridgehead atoms. The van der Waals surface area contributed by atoms with Gasteiger partial charge in [-0.1, -0.05) is 6.07 Å². The van der Waals surface area contributed by atoms with Crippen molar-refractivity contribution >= 4 is 9.84 Å². The molecule has 10 nitrogen and oxygen atoms in total. The molecule has 0 atom stereocenters. The summed E-state index contributed by atoms with van der Waals surface area (Å²) in [4.78, 5) is 8.77. The first-order valence-corrected chi connectivity index (χ1v) is 15.8. The van der Waals surface area contributed by atoms with Gasteiger partial charge in [-0.2, -0.15) is 0 Å². The highest BCUT2D eigenvalue weighted by atomic mass is 32.2. The Morgan fingerprint density at radius 3 is 2.30 bits per heavy atom. The minimum absolute atomic E-state index is 0.155. The Kier molecular flexibility index (Phi) is 7.30. The van der Waals surface area contributed by atoms with Crippen LogP contribution in [0.15, 0.2) is 64.0 Å². The quantitative estimate of drug-likeness (QED) is 0.214. The normalized spacial score (nSPS) is 14.2. The fourth-order valence-corrected chi connectivity index (χ4v) is 6.24. The number of benzene rings is 3. The van der Waals surface area contributed by atoms with Gasteiger partial charge < -0.3 is 28.7 Å². The van der Waals surface area contributed by atoms with Crippen LogP contribution in [0.2, 0.25) is 0 Å². The molecular formula is C32H28F3N3O7S. The predicted molar refractivity (Wildman–Crippen MR) is 160 cm³/mol. The maximum absolute atomic E-state index is 15.2. The summed E-state index contributed by atoms with van der Waals surface area (Å²) in [5.41, 5.74) is 0.905. The lowest BCUT2D eigenvalue weighted by Gasteiger charge is -2.16. The molecule has 0 radical (unpaired) electrons. The topological polar surface area (TPSA) is 137 Å². The number of aryl methyl sites for hydroxylation is 2. The minimum Gasteiger partial charge on any atom is -0.440 e. The summed E-state index contributed by atoms with van der Waals surface area (Å²) in [6.07, 6.45) is -1.25. The molecule has 1 aliphatic rings. The number of fused-ring (bicyclic) bond motifs is 1. The number of alkyl halides is 2. The van der Waals surface area contributed by atoms with Crippen molar-refractivity contribution in [3.8, 4) is 50.9 Å². The van der Waals surface area contributed by atoms with Crippen LogP contribution in [0.25, 0.3) is 39.4 Å². The summed E-state index contributed by atoms with van der Waals surface area (Å²) in [5, 5.41) is 20.3. The molecule has 14 heteroatoms. The molecule has 6 rings (SSSR count). The van der Waals surface area contributed by atoms with E-state index in [0.29, 0.717) is 33.9 Å². The highest BCUT2D eigenvalue weighted by molar-refractivity contribution is 7.90. The van der Waals surface area contributed by atoms with Crippen molar-refractivity contribution < 1.29 is 45.7 Å². The lowest BCUT2D eigenvalue weighted by Crippen LogP contribution is -2.25. The molecule has 0 saturated heterocycles. The van der Waals surface area contributed by atoms with Gasteiger partial charge >= 0.3 is 6.29 Å². The number of halogens is 3. The first-order valence-electron chi connectivity index (χ1n) is 13.9. The van der Waals surface area contributed by atoms with Crippen LogP contribution in [0.1, 0.15) is 36.8 Å². The number of aromatic nitrogens is 3. The van der Waals surface area contributed by atoms with Gasteiger partial charge in [0.15, 0.2) is 33.0 Å². The highest BCUT2D eigenvalue weighted by Crippen LogP contribution is 2.45. The fraction of sp³-hybridized carbons (Fsp3) is 0.250. The lowest BCUT2D eigenvalue weighted by molar-refractivity contribution is -0.286. The molecule has 0 aliphatic carbocycles. The Morgan fingerprint density at radius 1 is 0.957 bits per heavy atom. The molecule has 0 unspecified atom stereocenters. The van der Waals surface area contributed by atoms with E-state index < -0.39 is 34.2 Å². The van der Waals surface area contributed by atoms with E-state index in [0.717, 1.165) is 12.3 Å². The number of aliphatic hydroxyl groups excluding tert-OH is 1. The summed E-state index contributed by atoms with van der Waals surface area (Å²) in [6.45, 7) is 5.71. The molecule has 2 N–H and O–H groups in total. The Hall–Kier alpha value is -4.66. The number of imidazole rings is 1. The van der Waals surface area contributed by atoms with Crippen LogP contribution in [0.3, 0.4) is 0 Å². The third kappa shape index (κ3) is 5.63. The minimum atomic E-state index is -3.92. The number of nitrogens with zero attached hydrogens (tertiary/aromatic N) is 3. The van der Waals surface area contributed by atoms with Gasteiger partial charge in [0.1, 0.15) is 22.9 Å². The second kappa shape index (κ2) is 10.7. The van der Waals surface area contributed by atoms with Gasteiger partial charge in [0.25, 0.3) is 0 Å². The molecule has 0 spiro atoms. The smallest absolute Gasteiger partial charge is 0.440 e. The van der Waals surface area contributed by atoms with Gasteiger partial charge in [-0.3, -0.25) is 0 Å². The van der Waals surface area contributed by atoms with Gasteiger partial charge in [-0.15, -0.1) is 8.78 Å². The van der Waals surface area contributed by atoms with Crippen molar-refractivity contribution in [2.45, 2.75) is 51.1 Å². The number of hydrogen-bond donors (Lipinski definition) is 2. The first-order chi connectivity index (χ1) is 21.4. The molecule has 240 valence electrons. The van der Waals surface area contributed by atoms with Gasteiger partial charge in [0.2, 0.25) is 0 Å². The number of hydrogen-bond acceptors (Lipinski definition) is 9. The SMILES string of the molecule is Cc1nc(-c2cc(-c3cc(F)c(CO)c(S(C)(=O)=O)c3)ccc2-n2cc(C(C)(C)O)nc2C)c(-c2ccc3c(c2)OC(F)(F)O3)o1. The maximum Gasteiger partial charge on any atom is 0.586 e. The van der Waals surface area contributed by atoms with Crippen molar-refractivity contribution in [1.29, 1.82) is 0 Å². The number of aliphatic hydroxyl groups is 2. The van der Waals surface area contributed by atoms with Crippen molar-refractivity contribution in [3.05, 3.63) is 83.5 Å². The van der Waals surface area contributed by atoms with Crippen molar-refractivity contribution in [2.24, 2.45) is 0 Å². The second-order valence-corrected chi connectivity index (χ2v) is 13.4. The van der Waals surface area contributed by atoms with Crippen molar-refractivity contribution in [2.75, 3.05) is 6.26 Å². The zero-order valence-corrected chi connectivity index (χ0v) is 26.0. The van der Waals surface area contributed by atoms with Gasteiger partial charge in [-0.05, 0) is 74.4 Å². The van der Waals surface area contributed by atoms with Crippen LogP contribution in [0.4, 0.5) is 13.2 Å². The van der Waals surface area contributed by atoms with E-state index in [4.69, 9.17) is 4.42 Å². The fourth-order valence-electron chi connectivity index (χ4n) is 5.28.